The van der Waals surface area contributed by atoms with Gasteiger partial charge in [0.05, 0.1) is 11.1 Å². The number of benzene rings is 2. The van der Waals surface area contributed by atoms with Crippen LogP contribution < -0.4 is 5.32 Å². The Morgan fingerprint density at radius 2 is 1.69 bits per heavy atom. The Morgan fingerprint density at radius 3 is 2.38 bits per heavy atom. The lowest BCUT2D eigenvalue weighted by Gasteiger charge is -2.11. The van der Waals surface area contributed by atoms with E-state index in [-0.39, 0.29) is 28.7 Å². The van der Waals surface area contributed by atoms with Crippen molar-refractivity contribution in [3.63, 3.8) is 0 Å². The summed E-state index contributed by atoms with van der Waals surface area (Å²) >= 11 is 0. The Balaban J connectivity index is 1.85. The van der Waals surface area contributed by atoms with Crippen LogP contribution in [-0.4, -0.2) is 34.9 Å². The molecule has 3 rings (SSSR count). The van der Waals surface area contributed by atoms with E-state index in [1.165, 1.54) is 30.0 Å². The maximum absolute atomic E-state index is 12.5. The predicted octanol–water partition coefficient (Wildman–Crippen LogP) is 3.15. The molecule has 1 heterocycles. The van der Waals surface area contributed by atoms with E-state index in [0.29, 0.717) is 29.8 Å². The molecule has 0 aliphatic carbocycles. The van der Waals surface area contributed by atoms with Crippen molar-refractivity contribution in [2.75, 3.05) is 11.9 Å². The Labute approximate surface area is 150 Å². The first-order valence-electron chi connectivity index (χ1n) is 8.35. The highest BCUT2D eigenvalue weighted by Crippen LogP contribution is 2.24. The van der Waals surface area contributed by atoms with Crippen molar-refractivity contribution < 1.29 is 19.2 Å². The number of anilines is 1. The number of carbonyl (C=O) groups excluding carboxylic acids is 4. The van der Waals surface area contributed by atoms with Crippen molar-refractivity contribution in [2.45, 2.75) is 20.3 Å². The highest BCUT2D eigenvalue weighted by molar-refractivity contribution is 6.22. The van der Waals surface area contributed by atoms with Crippen LogP contribution in [0.1, 0.15) is 61.7 Å². The maximum atomic E-state index is 12.5. The van der Waals surface area contributed by atoms with Crippen LogP contribution in [0.4, 0.5) is 5.69 Å². The number of hydrogen-bond acceptors (Lipinski definition) is 4. The predicted molar refractivity (Wildman–Crippen MR) is 96.5 cm³/mol. The van der Waals surface area contributed by atoms with E-state index in [4.69, 9.17) is 0 Å². The summed E-state index contributed by atoms with van der Waals surface area (Å²) in [7, 11) is 0. The second-order valence-corrected chi connectivity index (χ2v) is 6.11. The van der Waals surface area contributed by atoms with Crippen LogP contribution in [0.25, 0.3) is 0 Å². The van der Waals surface area contributed by atoms with Crippen molar-refractivity contribution in [2.24, 2.45) is 0 Å². The summed E-state index contributed by atoms with van der Waals surface area (Å²) < 4.78 is 0. The molecule has 0 aromatic heterocycles. The number of nitrogens with zero attached hydrogens (tertiary/aromatic N) is 1. The third-order valence-corrected chi connectivity index (χ3v) is 4.21. The molecule has 1 N–H and O–H groups in total. The van der Waals surface area contributed by atoms with Crippen LogP contribution in [-0.2, 0) is 0 Å². The third-order valence-electron chi connectivity index (χ3n) is 4.21. The molecule has 6 heteroatoms. The fraction of sp³-hybridized carbons (Fsp3) is 0.200. The molecule has 0 bridgehead atoms. The minimum absolute atomic E-state index is 0.0984. The first-order valence-corrected chi connectivity index (χ1v) is 8.35. The summed E-state index contributed by atoms with van der Waals surface area (Å²) in [5.74, 6) is -1.21. The average molecular weight is 350 g/mol. The molecule has 0 unspecified atom stereocenters. The van der Waals surface area contributed by atoms with E-state index in [1.807, 2.05) is 6.92 Å². The standard InChI is InChI=1S/C20H18N2O4/c1-3-9-22-19(25)16-8-7-14(11-17(16)20(22)26)18(24)21-15-6-4-5-13(10-15)12(2)23/h4-8,10-11H,3,9H2,1-2H3,(H,21,24). The molecule has 1 aliphatic heterocycles. The number of ketones is 1. The number of hydrogen-bond donors (Lipinski definition) is 1. The van der Waals surface area contributed by atoms with Crippen LogP contribution in [0.15, 0.2) is 42.5 Å². The van der Waals surface area contributed by atoms with Crippen molar-refractivity contribution in [1.82, 2.24) is 4.90 Å². The van der Waals surface area contributed by atoms with Crippen molar-refractivity contribution in [3.05, 3.63) is 64.7 Å². The lowest BCUT2D eigenvalue weighted by Crippen LogP contribution is -2.30. The van der Waals surface area contributed by atoms with Gasteiger partial charge in [0, 0.05) is 23.4 Å². The summed E-state index contributed by atoms with van der Waals surface area (Å²) in [6, 6.07) is 11.1. The number of nitrogens with one attached hydrogen (secondary N) is 1. The zero-order chi connectivity index (χ0) is 18.8. The molecule has 3 amide bonds. The largest absolute Gasteiger partial charge is 0.322 e. The number of imide groups is 1. The highest BCUT2D eigenvalue weighted by atomic mass is 16.2. The van der Waals surface area contributed by atoms with Gasteiger partial charge in [0.25, 0.3) is 17.7 Å². The van der Waals surface area contributed by atoms with Gasteiger partial charge in [-0.2, -0.15) is 0 Å². The van der Waals surface area contributed by atoms with E-state index in [0.717, 1.165) is 0 Å². The van der Waals surface area contributed by atoms with Gasteiger partial charge in [-0.3, -0.25) is 24.1 Å². The van der Waals surface area contributed by atoms with Crippen LogP contribution in [0.5, 0.6) is 0 Å². The first kappa shape index (κ1) is 17.5. The summed E-state index contributed by atoms with van der Waals surface area (Å²) in [4.78, 5) is 49.8. The van der Waals surface area contributed by atoms with Gasteiger partial charge in [-0.25, -0.2) is 0 Å². The number of rotatable bonds is 5. The summed E-state index contributed by atoms with van der Waals surface area (Å²) in [6.07, 6.45) is 0.672. The van der Waals surface area contributed by atoms with E-state index >= 15 is 0 Å². The van der Waals surface area contributed by atoms with Gasteiger partial charge in [-0.1, -0.05) is 19.1 Å². The molecule has 132 valence electrons. The molecule has 1 aliphatic rings. The number of amides is 3. The van der Waals surface area contributed by atoms with Gasteiger partial charge in [0.15, 0.2) is 5.78 Å². The van der Waals surface area contributed by atoms with Gasteiger partial charge in [0.2, 0.25) is 0 Å². The minimum Gasteiger partial charge on any atom is -0.322 e. The Kier molecular flexibility index (Phi) is 4.67. The zero-order valence-corrected chi connectivity index (χ0v) is 14.5. The van der Waals surface area contributed by atoms with Crippen molar-refractivity contribution >= 4 is 29.2 Å². The molecule has 0 spiro atoms. The molecule has 0 fully saturated rings. The molecular formula is C20H18N2O4. The lowest BCUT2D eigenvalue weighted by atomic mass is 10.0. The van der Waals surface area contributed by atoms with Crippen LogP contribution in [0, 0.1) is 0 Å². The molecule has 0 radical (unpaired) electrons. The normalized spacial score (nSPS) is 12.9. The lowest BCUT2D eigenvalue weighted by molar-refractivity contribution is 0.0654. The third kappa shape index (κ3) is 3.13. The van der Waals surface area contributed by atoms with E-state index in [2.05, 4.69) is 5.32 Å². The topological polar surface area (TPSA) is 83.6 Å². The Morgan fingerprint density at radius 1 is 0.962 bits per heavy atom. The number of carbonyl (C=O) groups is 4. The molecule has 6 nitrogen and oxygen atoms in total. The maximum Gasteiger partial charge on any atom is 0.261 e. The molecular weight excluding hydrogens is 332 g/mol. The van der Waals surface area contributed by atoms with Crippen molar-refractivity contribution in [3.8, 4) is 0 Å². The average Bonchev–Trinajstić information content (AvgIpc) is 2.87. The minimum atomic E-state index is -0.414. The van der Waals surface area contributed by atoms with Crippen LogP contribution >= 0.6 is 0 Å². The quantitative estimate of drug-likeness (QED) is 0.663. The molecule has 0 saturated heterocycles. The van der Waals surface area contributed by atoms with Crippen molar-refractivity contribution in [1.29, 1.82) is 0 Å². The molecule has 0 saturated carbocycles. The zero-order valence-electron chi connectivity index (χ0n) is 14.5. The monoisotopic (exact) mass is 350 g/mol. The van der Waals surface area contributed by atoms with Gasteiger partial charge < -0.3 is 5.32 Å². The number of Topliss-reactive ketones (excluding diaryl/α,β-unsaturated/α-hetero) is 1. The Bertz CT molecular complexity index is 933. The molecule has 0 atom stereocenters. The Hall–Kier alpha value is -3.28. The fourth-order valence-corrected chi connectivity index (χ4v) is 2.88. The first-order chi connectivity index (χ1) is 12.4. The molecule has 2 aromatic carbocycles. The van der Waals surface area contributed by atoms with Gasteiger partial charge in [0.1, 0.15) is 0 Å². The highest BCUT2D eigenvalue weighted by Gasteiger charge is 2.35. The SMILES string of the molecule is CCCN1C(=O)c2ccc(C(=O)Nc3cccc(C(C)=O)c3)cc2C1=O. The summed E-state index contributed by atoms with van der Waals surface area (Å²) in [6.45, 7) is 3.69. The van der Waals surface area contributed by atoms with E-state index in [1.54, 1.807) is 24.3 Å². The van der Waals surface area contributed by atoms with Crippen LogP contribution in [0.3, 0.4) is 0 Å². The number of fused-ring (bicyclic) bond motifs is 1. The molecule has 2 aromatic rings. The van der Waals surface area contributed by atoms with Gasteiger partial charge in [-0.15, -0.1) is 0 Å². The smallest absolute Gasteiger partial charge is 0.261 e. The summed E-state index contributed by atoms with van der Waals surface area (Å²) in [5, 5.41) is 2.71. The van der Waals surface area contributed by atoms with Gasteiger partial charge >= 0.3 is 0 Å². The fourth-order valence-electron chi connectivity index (χ4n) is 2.88. The second kappa shape index (κ2) is 6.92. The van der Waals surface area contributed by atoms with Gasteiger partial charge in [-0.05, 0) is 43.7 Å². The second-order valence-electron chi connectivity index (χ2n) is 6.11. The van der Waals surface area contributed by atoms with Crippen LogP contribution in [0.2, 0.25) is 0 Å². The van der Waals surface area contributed by atoms with E-state index < -0.39 is 5.91 Å². The van der Waals surface area contributed by atoms with E-state index in [9.17, 15) is 19.2 Å². The molecule has 26 heavy (non-hydrogen) atoms. The summed E-state index contributed by atoms with van der Waals surface area (Å²) in [5.41, 5.74) is 1.81.